The maximum atomic E-state index is 13.8. The topological polar surface area (TPSA) is 39.7 Å². The van der Waals surface area contributed by atoms with Gasteiger partial charge in [0, 0.05) is 74.0 Å². The lowest BCUT2D eigenvalue weighted by atomic mass is 9.92. The average Bonchev–Trinajstić information content (AvgIpc) is 3.57. The quantitative estimate of drug-likeness (QED) is 0.570. The first-order chi connectivity index (χ1) is 16.2. The molecule has 1 aromatic heterocycles. The summed E-state index contributed by atoms with van der Waals surface area (Å²) in [6, 6.07) is 20.5. The summed E-state index contributed by atoms with van der Waals surface area (Å²) in [7, 11) is 0. The van der Waals surface area contributed by atoms with Crippen LogP contribution in [0.15, 0.2) is 73.1 Å². The highest BCUT2D eigenvalue weighted by molar-refractivity contribution is 6.30. The van der Waals surface area contributed by atoms with Gasteiger partial charge in [0.25, 0.3) is 0 Å². The van der Waals surface area contributed by atoms with E-state index in [1.807, 2.05) is 35.5 Å². The van der Waals surface area contributed by atoms with Crippen LogP contribution in [0.3, 0.4) is 0 Å². The molecule has 2 unspecified atom stereocenters. The normalized spacial score (nSPS) is 24.4. The van der Waals surface area contributed by atoms with Crippen molar-refractivity contribution in [1.29, 1.82) is 0 Å². The van der Waals surface area contributed by atoms with Crippen LogP contribution in [0, 0.1) is 0 Å². The lowest BCUT2D eigenvalue weighted by Crippen LogP contribution is -2.49. The highest BCUT2D eigenvalue weighted by atomic mass is 35.5. The van der Waals surface area contributed by atoms with E-state index in [1.54, 1.807) is 0 Å². The second-order valence-corrected chi connectivity index (χ2v) is 9.72. The van der Waals surface area contributed by atoms with E-state index in [9.17, 15) is 4.79 Å². The molecule has 3 aromatic rings. The molecule has 1 aliphatic carbocycles. The number of pyridine rings is 1. The summed E-state index contributed by atoms with van der Waals surface area (Å²) in [4.78, 5) is 24.8. The summed E-state index contributed by atoms with van der Waals surface area (Å²) in [6.07, 6.45) is 4.58. The van der Waals surface area contributed by atoms with Crippen molar-refractivity contribution in [3.8, 4) is 0 Å². The Kier molecular flexibility index (Phi) is 5.11. The van der Waals surface area contributed by atoms with E-state index in [0.717, 1.165) is 56.4 Å². The van der Waals surface area contributed by atoms with Gasteiger partial charge in [-0.15, -0.1) is 0 Å². The first kappa shape index (κ1) is 20.7. The molecule has 2 aromatic carbocycles. The van der Waals surface area contributed by atoms with Crippen LogP contribution in [0.4, 0.5) is 11.4 Å². The first-order valence-corrected chi connectivity index (χ1v) is 12.1. The Morgan fingerprint density at radius 3 is 2.39 bits per heavy atom. The Morgan fingerprint density at radius 1 is 0.909 bits per heavy atom. The lowest BCUT2D eigenvalue weighted by molar-refractivity contribution is -0.120. The monoisotopic (exact) mass is 458 g/mol. The molecule has 3 aliphatic rings. The minimum Gasteiger partial charge on any atom is -0.369 e. The maximum absolute atomic E-state index is 13.8. The molecule has 0 radical (unpaired) electrons. The fraction of sp³-hybridized carbons (Fsp3) is 0.333. The smallest absolute Gasteiger partial charge is 0.238 e. The van der Waals surface area contributed by atoms with E-state index in [4.69, 9.17) is 11.6 Å². The minimum atomic E-state index is -0.398. The predicted octanol–water partition coefficient (Wildman–Crippen LogP) is 4.33. The molecule has 2 fully saturated rings. The zero-order valence-electron chi connectivity index (χ0n) is 18.5. The molecule has 0 N–H and O–H groups in total. The molecule has 1 saturated heterocycles. The van der Waals surface area contributed by atoms with Crippen LogP contribution >= 0.6 is 11.6 Å². The molecule has 1 amide bonds. The van der Waals surface area contributed by atoms with Gasteiger partial charge in [0.05, 0.1) is 5.41 Å². The summed E-state index contributed by atoms with van der Waals surface area (Å²) in [6.45, 7) is 5.63. The summed E-state index contributed by atoms with van der Waals surface area (Å²) in [5.41, 5.74) is 4.32. The van der Waals surface area contributed by atoms with Crippen molar-refractivity contribution in [1.82, 2.24) is 9.88 Å². The first-order valence-electron chi connectivity index (χ1n) is 11.7. The molecule has 6 rings (SSSR count). The van der Waals surface area contributed by atoms with Crippen molar-refractivity contribution < 1.29 is 4.79 Å². The lowest BCUT2D eigenvalue weighted by Gasteiger charge is -2.36. The molecule has 3 heterocycles. The molecule has 33 heavy (non-hydrogen) atoms. The van der Waals surface area contributed by atoms with Crippen molar-refractivity contribution >= 4 is 28.9 Å². The zero-order chi connectivity index (χ0) is 22.4. The van der Waals surface area contributed by atoms with Gasteiger partial charge in [-0.05, 0) is 47.9 Å². The maximum Gasteiger partial charge on any atom is 0.238 e. The number of hydrogen-bond donors (Lipinski definition) is 0. The molecule has 168 valence electrons. The van der Waals surface area contributed by atoms with Gasteiger partial charge >= 0.3 is 0 Å². The number of carbonyl (C=O) groups is 1. The van der Waals surface area contributed by atoms with Gasteiger partial charge in [0.1, 0.15) is 0 Å². The van der Waals surface area contributed by atoms with Crippen LogP contribution in [0.5, 0.6) is 0 Å². The summed E-state index contributed by atoms with van der Waals surface area (Å²) >= 11 is 6.09. The van der Waals surface area contributed by atoms with E-state index in [2.05, 4.69) is 57.2 Å². The van der Waals surface area contributed by atoms with Crippen molar-refractivity contribution in [2.45, 2.75) is 17.8 Å². The highest BCUT2D eigenvalue weighted by Crippen LogP contribution is 2.66. The van der Waals surface area contributed by atoms with Crippen molar-refractivity contribution in [2.24, 2.45) is 0 Å². The van der Waals surface area contributed by atoms with Gasteiger partial charge in [-0.3, -0.25) is 14.7 Å². The van der Waals surface area contributed by atoms with Crippen LogP contribution in [0.2, 0.25) is 5.02 Å². The number of rotatable bonds is 5. The molecule has 1 saturated carbocycles. The van der Waals surface area contributed by atoms with E-state index in [0.29, 0.717) is 0 Å². The summed E-state index contributed by atoms with van der Waals surface area (Å²) in [5, 5.41) is 0.734. The number of fused-ring (bicyclic) bond motifs is 2. The molecule has 2 aliphatic heterocycles. The van der Waals surface area contributed by atoms with Crippen LogP contribution in [-0.2, 0) is 10.2 Å². The molecule has 6 heteroatoms. The summed E-state index contributed by atoms with van der Waals surface area (Å²) < 4.78 is 0. The summed E-state index contributed by atoms with van der Waals surface area (Å²) in [5.74, 6) is 0.497. The third-order valence-electron chi connectivity index (χ3n) is 7.58. The third kappa shape index (κ3) is 3.51. The van der Waals surface area contributed by atoms with Gasteiger partial charge in [-0.25, -0.2) is 0 Å². The van der Waals surface area contributed by atoms with Crippen LogP contribution in [-0.4, -0.2) is 55.1 Å². The van der Waals surface area contributed by atoms with E-state index < -0.39 is 5.41 Å². The van der Waals surface area contributed by atoms with Crippen LogP contribution in [0.1, 0.15) is 23.5 Å². The van der Waals surface area contributed by atoms with Gasteiger partial charge in [0.2, 0.25) is 5.91 Å². The number of hydrogen-bond acceptors (Lipinski definition) is 4. The van der Waals surface area contributed by atoms with Gasteiger partial charge in [-0.2, -0.15) is 0 Å². The highest BCUT2D eigenvalue weighted by Gasteiger charge is 2.66. The Morgan fingerprint density at radius 2 is 1.64 bits per heavy atom. The Labute approximate surface area is 199 Å². The van der Waals surface area contributed by atoms with Crippen molar-refractivity contribution in [3.05, 3.63) is 89.2 Å². The number of piperazine rings is 1. The number of benzene rings is 2. The molecule has 1 spiro atoms. The molecular weight excluding hydrogens is 432 g/mol. The van der Waals surface area contributed by atoms with E-state index in [1.165, 1.54) is 16.8 Å². The second kappa shape index (κ2) is 8.15. The molecule has 0 bridgehead atoms. The number of para-hydroxylation sites is 1. The SMILES string of the molecule is O=C1N(CCN2CCN(c3ccncc3)CC2)c2ccccc2C12CC2c1ccc(Cl)cc1. The zero-order valence-corrected chi connectivity index (χ0v) is 19.3. The standard InChI is InChI=1S/C27H27ClN4O/c28-21-7-5-20(6-8-21)24-19-27(24)23-3-1-2-4-25(23)32(26(27)33)18-15-30-13-16-31(17-14-30)22-9-11-29-12-10-22/h1-12,24H,13-19H2. The van der Waals surface area contributed by atoms with Gasteiger partial charge in [0.15, 0.2) is 0 Å². The fourth-order valence-electron chi connectivity index (χ4n) is 5.69. The number of aromatic nitrogens is 1. The average molecular weight is 459 g/mol. The predicted molar refractivity (Wildman–Crippen MR) is 132 cm³/mol. The number of anilines is 2. The molecule has 2 atom stereocenters. The molecular formula is C27H27ClN4O. The minimum absolute atomic E-state index is 0.234. The van der Waals surface area contributed by atoms with E-state index >= 15 is 0 Å². The Bertz CT molecular complexity index is 1160. The Hall–Kier alpha value is -2.89. The van der Waals surface area contributed by atoms with Crippen molar-refractivity contribution in [3.63, 3.8) is 0 Å². The van der Waals surface area contributed by atoms with Crippen LogP contribution < -0.4 is 9.80 Å². The molecule has 5 nitrogen and oxygen atoms in total. The number of carbonyl (C=O) groups excluding carboxylic acids is 1. The van der Waals surface area contributed by atoms with Crippen LogP contribution in [0.25, 0.3) is 0 Å². The third-order valence-corrected chi connectivity index (χ3v) is 7.83. The second-order valence-electron chi connectivity index (χ2n) is 9.29. The van der Waals surface area contributed by atoms with Gasteiger partial charge < -0.3 is 9.80 Å². The number of amides is 1. The number of halogens is 1. The van der Waals surface area contributed by atoms with Gasteiger partial charge in [-0.1, -0.05) is 41.9 Å². The fourth-order valence-corrected chi connectivity index (χ4v) is 5.82. The Balaban J connectivity index is 1.15. The van der Waals surface area contributed by atoms with E-state index in [-0.39, 0.29) is 11.8 Å². The largest absolute Gasteiger partial charge is 0.369 e. The number of nitrogens with zero attached hydrogens (tertiary/aromatic N) is 4. The van der Waals surface area contributed by atoms with Crippen molar-refractivity contribution in [2.75, 3.05) is 49.1 Å².